The maximum atomic E-state index is 13.1. The van der Waals surface area contributed by atoms with Gasteiger partial charge in [0, 0.05) is 50.0 Å². The van der Waals surface area contributed by atoms with Gasteiger partial charge < -0.3 is 29.6 Å². The maximum absolute atomic E-state index is 13.1. The number of fused-ring (bicyclic) bond motifs is 1. The zero-order valence-corrected chi connectivity index (χ0v) is 24.8. The van der Waals surface area contributed by atoms with Gasteiger partial charge in [-0.2, -0.15) is 4.98 Å². The smallest absolute Gasteiger partial charge is 0.255 e. The minimum absolute atomic E-state index is 0.0307. The van der Waals surface area contributed by atoms with E-state index in [4.69, 9.17) is 14.1 Å². The summed E-state index contributed by atoms with van der Waals surface area (Å²) >= 11 is 0. The summed E-state index contributed by atoms with van der Waals surface area (Å²) in [6.45, 7) is 10.1. The van der Waals surface area contributed by atoms with Crippen molar-refractivity contribution >= 4 is 40.5 Å². The number of benzene rings is 1. The van der Waals surface area contributed by atoms with Crippen molar-refractivity contribution in [2.75, 3.05) is 49.6 Å². The monoisotopic (exact) mass is 583 g/mol. The Morgan fingerprint density at radius 3 is 2.44 bits per heavy atom. The van der Waals surface area contributed by atoms with Crippen LogP contribution in [0, 0.1) is 0 Å². The zero-order chi connectivity index (χ0) is 30.0. The van der Waals surface area contributed by atoms with Crippen LogP contribution in [0.25, 0.3) is 11.1 Å². The summed E-state index contributed by atoms with van der Waals surface area (Å²) in [7, 11) is 0. The number of nitrogens with one attached hydrogen (secondary N) is 2. The second-order valence-corrected chi connectivity index (χ2v) is 12.1. The zero-order valence-electron chi connectivity index (χ0n) is 24.8. The summed E-state index contributed by atoms with van der Waals surface area (Å²) in [5.41, 5.74) is 3.65. The number of ether oxygens (including phenoxy) is 1. The van der Waals surface area contributed by atoms with E-state index >= 15 is 0 Å². The Morgan fingerprint density at radius 1 is 0.953 bits per heavy atom. The molecule has 1 aromatic carbocycles. The van der Waals surface area contributed by atoms with Gasteiger partial charge >= 0.3 is 0 Å². The van der Waals surface area contributed by atoms with E-state index < -0.39 is 0 Å². The fourth-order valence-electron chi connectivity index (χ4n) is 5.45. The Bertz CT molecular complexity index is 1590. The van der Waals surface area contributed by atoms with Gasteiger partial charge in [-0.25, -0.2) is 9.97 Å². The molecule has 5 heterocycles. The third kappa shape index (κ3) is 6.46. The van der Waals surface area contributed by atoms with Crippen LogP contribution >= 0.6 is 0 Å². The highest BCUT2D eigenvalue weighted by Crippen LogP contribution is 2.29. The van der Waals surface area contributed by atoms with Crippen LogP contribution in [0.15, 0.2) is 59.3 Å². The van der Waals surface area contributed by atoms with E-state index in [1.165, 1.54) is 5.56 Å². The van der Waals surface area contributed by atoms with Gasteiger partial charge in [-0.05, 0) is 48.1 Å². The number of amides is 2. The number of carbonyl (C=O) groups is 2. The van der Waals surface area contributed by atoms with E-state index in [1.54, 1.807) is 35.6 Å². The Kier molecular flexibility index (Phi) is 7.98. The van der Waals surface area contributed by atoms with Gasteiger partial charge in [-0.3, -0.25) is 9.59 Å². The first kappa shape index (κ1) is 28.6. The van der Waals surface area contributed by atoms with E-state index in [2.05, 4.69) is 46.3 Å². The van der Waals surface area contributed by atoms with E-state index in [0.717, 1.165) is 19.4 Å². The number of piperidine rings is 1. The van der Waals surface area contributed by atoms with E-state index in [-0.39, 0.29) is 23.3 Å². The highest BCUT2D eigenvalue weighted by Gasteiger charge is 2.26. The third-order valence-corrected chi connectivity index (χ3v) is 7.90. The molecule has 0 bridgehead atoms. The average Bonchev–Trinajstić information content (AvgIpc) is 3.50. The van der Waals surface area contributed by atoms with E-state index in [1.807, 2.05) is 24.3 Å². The summed E-state index contributed by atoms with van der Waals surface area (Å²) in [6.07, 6.45) is 4.93. The molecule has 11 nitrogen and oxygen atoms in total. The van der Waals surface area contributed by atoms with Crippen molar-refractivity contribution in [3.8, 4) is 0 Å². The molecule has 0 spiro atoms. The fourth-order valence-corrected chi connectivity index (χ4v) is 5.45. The van der Waals surface area contributed by atoms with Crippen LogP contribution < -0.4 is 15.5 Å². The lowest BCUT2D eigenvalue weighted by molar-refractivity contribution is 0.0302. The van der Waals surface area contributed by atoms with E-state index in [0.29, 0.717) is 72.7 Å². The molecule has 2 amide bonds. The summed E-state index contributed by atoms with van der Waals surface area (Å²) in [5.74, 6) is 1.41. The third-order valence-electron chi connectivity index (χ3n) is 7.90. The molecule has 2 aliphatic rings. The molecule has 3 aromatic heterocycles. The summed E-state index contributed by atoms with van der Waals surface area (Å²) < 4.78 is 11.1. The number of morpholine rings is 1. The maximum Gasteiger partial charge on any atom is 0.255 e. The molecule has 0 radical (unpaired) electrons. The van der Waals surface area contributed by atoms with Crippen molar-refractivity contribution < 1.29 is 18.7 Å². The van der Waals surface area contributed by atoms with Crippen molar-refractivity contribution in [1.82, 2.24) is 25.2 Å². The van der Waals surface area contributed by atoms with Crippen LogP contribution in [0.4, 0.5) is 17.6 Å². The first-order chi connectivity index (χ1) is 20.7. The number of rotatable bonds is 6. The number of aromatic nitrogens is 3. The SMILES string of the molecule is CC(C)(C)c1ccc(C(=O)NC2CCCN(c3nc(Nc4ccc(C(=O)N5CCOCC5)cn4)nc4ccoc34)C2)cc1. The Balaban J connectivity index is 1.15. The van der Waals surface area contributed by atoms with Crippen LogP contribution in [0.2, 0.25) is 0 Å². The summed E-state index contributed by atoms with van der Waals surface area (Å²) in [6, 6.07) is 13.1. The number of pyridine rings is 1. The molecule has 224 valence electrons. The van der Waals surface area contributed by atoms with Crippen LogP contribution in [0.3, 0.4) is 0 Å². The summed E-state index contributed by atoms with van der Waals surface area (Å²) in [4.78, 5) is 43.6. The number of hydrogen-bond donors (Lipinski definition) is 2. The molecule has 2 N–H and O–H groups in total. The van der Waals surface area contributed by atoms with Gasteiger partial charge in [0.25, 0.3) is 11.8 Å². The van der Waals surface area contributed by atoms with Crippen LogP contribution in [-0.2, 0) is 10.2 Å². The molecule has 11 heteroatoms. The topological polar surface area (TPSA) is 126 Å². The van der Waals surface area contributed by atoms with Crippen molar-refractivity contribution in [3.05, 3.63) is 71.6 Å². The Morgan fingerprint density at radius 2 is 1.72 bits per heavy atom. The van der Waals surface area contributed by atoms with Gasteiger partial charge in [0.1, 0.15) is 11.3 Å². The predicted octanol–water partition coefficient (Wildman–Crippen LogP) is 4.53. The van der Waals surface area contributed by atoms with Gasteiger partial charge in [-0.1, -0.05) is 32.9 Å². The molecular weight excluding hydrogens is 546 g/mol. The Labute approximate surface area is 250 Å². The first-order valence-corrected chi connectivity index (χ1v) is 14.8. The van der Waals surface area contributed by atoms with Crippen molar-refractivity contribution in [1.29, 1.82) is 0 Å². The van der Waals surface area contributed by atoms with Crippen LogP contribution in [-0.4, -0.2) is 77.1 Å². The number of hydrogen-bond acceptors (Lipinski definition) is 9. The van der Waals surface area contributed by atoms with Gasteiger partial charge in [0.05, 0.1) is 25.0 Å². The van der Waals surface area contributed by atoms with Crippen molar-refractivity contribution in [2.45, 2.75) is 45.1 Å². The highest BCUT2D eigenvalue weighted by atomic mass is 16.5. The molecular formula is C32H37N7O4. The molecule has 4 aromatic rings. The highest BCUT2D eigenvalue weighted by molar-refractivity contribution is 5.95. The second-order valence-electron chi connectivity index (χ2n) is 12.1. The molecule has 43 heavy (non-hydrogen) atoms. The lowest BCUT2D eigenvalue weighted by Crippen LogP contribution is -2.48. The molecule has 2 fully saturated rings. The average molecular weight is 584 g/mol. The van der Waals surface area contributed by atoms with Gasteiger partial charge in [0.2, 0.25) is 5.95 Å². The lowest BCUT2D eigenvalue weighted by atomic mass is 9.86. The first-order valence-electron chi connectivity index (χ1n) is 14.8. The standard InChI is InChI=1S/C32H37N7O4/c1-32(2,3)23-9-6-21(7-10-23)29(40)34-24-5-4-13-39(20-24)28-27-25(12-16-43-27)35-31(37-28)36-26-11-8-22(19-33-26)30(41)38-14-17-42-18-15-38/h6-12,16,19,24H,4-5,13-15,17-18,20H2,1-3H3,(H,34,40)(H,33,35,36,37). The second kappa shape index (κ2) is 12.0. The largest absolute Gasteiger partial charge is 0.459 e. The Hall–Kier alpha value is -4.51. The molecule has 1 unspecified atom stereocenters. The van der Waals surface area contributed by atoms with Crippen molar-refractivity contribution in [3.63, 3.8) is 0 Å². The number of carbonyl (C=O) groups excluding carboxylic acids is 2. The quantitative estimate of drug-likeness (QED) is 0.337. The van der Waals surface area contributed by atoms with Gasteiger partial charge in [0.15, 0.2) is 11.4 Å². The lowest BCUT2D eigenvalue weighted by Gasteiger charge is -2.34. The minimum atomic E-state index is -0.0814. The summed E-state index contributed by atoms with van der Waals surface area (Å²) in [5, 5.41) is 6.38. The molecule has 2 aliphatic heterocycles. The fraction of sp³-hybridized carbons (Fsp3) is 0.406. The predicted molar refractivity (Wildman–Crippen MR) is 164 cm³/mol. The molecule has 6 rings (SSSR count). The van der Waals surface area contributed by atoms with Crippen LogP contribution in [0.1, 0.15) is 59.9 Å². The number of furan rings is 1. The normalized spacial score (nSPS) is 17.6. The van der Waals surface area contributed by atoms with Crippen molar-refractivity contribution in [2.24, 2.45) is 0 Å². The number of anilines is 3. The molecule has 2 saturated heterocycles. The van der Waals surface area contributed by atoms with E-state index in [9.17, 15) is 9.59 Å². The molecule has 0 saturated carbocycles. The molecule has 0 aliphatic carbocycles. The van der Waals surface area contributed by atoms with Crippen LogP contribution in [0.5, 0.6) is 0 Å². The minimum Gasteiger partial charge on any atom is -0.459 e. The van der Waals surface area contributed by atoms with Gasteiger partial charge in [-0.15, -0.1) is 0 Å². The number of nitrogens with zero attached hydrogens (tertiary/aromatic N) is 5. The molecule has 1 atom stereocenters.